The Balaban J connectivity index is 2.18. The molecule has 0 radical (unpaired) electrons. The molecule has 82 valence electrons. The summed E-state index contributed by atoms with van der Waals surface area (Å²) in [6, 6.07) is 5.10. The molecule has 1 saturated carbocycles. The van der Waals surface area contributed by atoms with Crippen LogP contribution in [0.1, 0.15) is 25.3 Å². The van der Waals surface area contributed by atoms with Gasteiger partial charge in [0, 0.05) is 10.5 Å². The molecule has 1 nitrogen and oxygen atoms in total. The Labute approximate surface area is 98.0 Å². The minimum atomic E-state index is -0.198. The van der Waals surface area contributed by atoms with E-state index in [9.17, 15) is 4.39 Å². The van der Waals surface area contributed by atoms with Crippen LogP contribution in [0.15, 0.2) is 22.7 Å². The van der Waals surface area contributed by atoms with Crippen LogP contribution in [-0.4, -0.2) is 6.04 Å². The highest BCUT2D eigenvalue weighted by molar-refractivity contribution is 9.10. The summed E-state index contributed by atoms with van der Waals surface area (Å²) < 4.78 is 13.8. The van der Waals surface area contributed by atoms with Crippen molar-refractivity contribution >= 4 is 15.9 Å². The van der Waals surface area contributed by atoms with Gasteiger partial charge >= 0.3 is 0 Å². The monoisotopic (exact) mass is 271 g/mol. The van der Waals surface area contributed by atoms with Gasteiger partial charge in [0.25, 0.3) is 0 Å². The Morgan fingerprint density at radius 1 is 1.53 bits per heavy atom. The quantitative estimate of drug-likeness (QED) is 0.898. The molecule has 0 aliphatic heterocycles. The first-order valence-corrected chi connectivity index (χ1v) is 6.02. The lowest BCUT2D eigenvalue weighted by Crippen LogP contribution is -2.29. The molecule has 1 atom stereocenters. The molecule has 1 aromatic rings. The summed E-state index contributed by atoms with van der Waals surface area (Å²) in [5, 5.41) is 0. The van der Waals surface area contributed by atoms with Gasteiger partial charge in [-0.1, -0.05) is 22.0 Å². The van der Waals surface area contributed by atoms with Crippen LogP contribution in [-0.2, 0) is 6.42 Å². The number of nitrogens with two attached hydrogens (primary N) is 1. The third-order valence-electron chi connectivity index (χ3n) is 3.42. The highest BCUT2D eigenvalue weighted by atomic mass is 79.9. The van der Waals surface area contributed by atoms with Crippen molar-refractivity contribution in [1.29, 1.82) is 0 Å². The lowest BCUT2D eigenvalue weighted by atomic mass is 9.90. The molecule has 1 fully saturated rings. The topological polar surface area (TPSA) is 26.0 Å². The van der Waals surface area contributed by atoms with Crippen molar-refractivity contribution in [3.63, 3.8) is 0 Å². The first kappa shape index (κ1) is 11.1. The molecule has 3 heteroatoms. The summed E-state index contributed by atoms with van der Waals surface area (Å²) in [6.07, 6.45) is 3.33. The zero-order chi connectivity index (χ0) is 11.1. The highest BCUT2D eigenvalue weighted by Gasteiger charge is 2.45. The zero-order valence-corrected chi connectivity index (χ0v) is 10.3. The number of hydrogen-bond acceptors (Lipinski definition) is 1. The molecule has 2 N–H and O–H groups in total. The van der Waals surface area contributed by atoms with Gasteiger partial charge in [-0.25, -0.2) is 4.39 Å². The Morgan fingerprint density at radius 2 is 2.20 bits per heavy atom. The van der Waals surface area contributed by atoms with E-state index in [0.717, 1.165) is 16.5 Å². The van der Waals surface area contributed by atoms with E-state index in [-0.39, 0.29) is 17.3 Å². The molecular formula is C12H15BrFN. The number of halogens is 2. The van der Waals surface area contributed by atoms with Gasteiger partial charge in [0.2, 0.25) is 0 Å². The molecule has 0 amide bonds. The fourth-order valence-electron chi connectivity index (χ4n) is 2.00. The van der Waals surface area contributed by atoms with Crippen molar-refractivity contribution in [3.05, 3.63) is 34.1 Å². The molecular weight excluding hydrogens is 257 g/mol. The second-order valence-electron chi connectivity index (χ2n) is 4.56. The molecule has 0 saturated heterocycles. The Hall–Kier alpha value is -0.410. The van der Waals surface area contributed by atoms with Gasteiger partial charge in [-0.05, 0) is 49.3 Å². The normalized spacial score (nSPS) is 20.0. The fourth-order valence-corrected chi connectivity index (χ4v) is 2.49. The summed E-state index contributed by atoms with van der Waals surface area (Å²) in [5.74, 6) is -0.198. The van der Waals surface area contributed by atoms with Gasteiger partial charge in [-0.15, -0.1) is 0 Å². The number of rotatable bonds is 3. The molecule has 2 rings (SSSR count). The third-order valence-corrected chi connectivity index (χ3v) is 4.15. The lowest BCUT2D eigenvalue weighted by Gasteiger charge is -2.20. The van der Waals surface area contributed by atoms with Crippen molar-refractivity contribution < 1.29 is 4.39 Å². The Morgan fingerprint density at radius 3 is 2.67 bits per heavy atom. The maximum absolute atomic E-state index is 12.9. The van der Waals surface area contributed by atoms with Crippen LogP contribution >= 0.6 is 15.9 Å². The molecule has 1 aliphatic carbocycles. The summed E-state index contributed by atoms with van der Waals surface area (Å²) in [4.78, 5) is 0. The Bertz CT molecular complexity index is 372. The second kappa shape index (κ2) is 3.87. The van der Waals surface area contributed by atoms with Gasteiger partial charge in [-0.3, -0.25) is 0 Å². The summed E-state index contributed by atoms with van der Waals surface area (Å²) in [7, 11) is 0. The van der Waals surface area contributed by atoms with Crippen molar-refractivity contribution in [2.24, 2.45) is 11.1 Å². The Kier molecular flexibility index (Phi) is 2.86. The van der Waals surface area contributed by atoms with Crippen LogP contribution in [0, 0.1) is 11.2 Å². The van der Waals surface area contributed by atoms with Crippen LogP contribution < -0.4 is 5.73 Å². The summed E-state index contributed by atoms with van der Waals surface area (Å²) in [5.41, 5.74) is 7.39. The molecule has 15 heavy (non-hydrogen) atoms. The number of benzene rings is 1. The molecule has 1 unspecified atom stereocenters. The average Bonchev–Trinajstić information content (AvgIpc) is 2.91. The smallest absolute Gasteiger partial charge is 0.124 e. The largest absolute Gasteiger partial charge is 0.327 e. The van der Waals surface area contributed by atoms with Gasteiger partial charge in [-0.2, -0.15) is 0 Å². The first-order chi connectivity index (χ1) is 7.03. The molecule has 0 bridgehead atoms. The van der Waals surface area contributed by atoms with Crippen LogP contribution in [0.3, 0.4) is 0 Å². The average molecular weight is 272 g/mol. The predicted molar refractivity (Wildman–Crippen MR) is 63.1 cm³/mol. The van der Waals surface area contributed by atoms with Crippen molar-refractivity contribution in [1.82, 2.24) is 0 Å². The maximum atomic E-state index is 12.9. The minimum Gasteiger partial charge on any atom is -0.327 e. The van der Waals surface area contributed by atoms with E-state index in [1.165, 1.54) is 25.0 Å². The van der Waals surface area contributed by atoms with Crippen LogP contribution in [0.25, 0.3) is 0 Å². The van der Waals surface area contributed by atoms with E-state index >= 15 is 0 Å². The standard InChI is InChI=1S/C12H15BrFN/c1-8(15)12(4-5-12)7-9-2-3-10(14)6-11(9)13/h2-3,6,8H,4-5,7,15H2,1H3. The van der Waals surface area contributed by atoms with Crippen molar-refractivity contribution in [2.75, 3.05) is 0 Å². The summed E-state index contributed by atoms with van der Waals surface area (Å²) in [6.45, 7) is 2.06. The molecule has 0 heterocycles. The maximum Gasteiger partial charge on any atom is 0.124 e. The van der Waals surface area contributed by atoms with Gasteiger partial charge in [0.1, 0.15) is 5.82 Å². The minimum absolute atomic E-state index is 0.198. The van der Waals surface area contributed by atoms with Gasteiger partial charge in [0.15, 0.2) is 0 Å². The molecule has 0 aromatic heterocycles. The summed E-state index contributed by atoms with van der Waals surface area (Å²) >= 11 is 3.40. The van der Waals surface area contributed by atoms with Crippen molar-refractivity contribution in [3.8, 4) is 0 Å². The van der Waals surface area contributed by atoms with E-state index in [4.69, 9.17) is 5.73 Å². The van der Waals surface area contributed by atoms with E-state index < -0.39 is 0 Å². The number of hydrogen-bond donors (Lipinski definition) is 1. The van der Waals surface area contributed by atoms with E-state index in [2.05, 4.69) is 22.9 Å². The molecule has 0 spiro atoms. The highest BCUT2D eigenvalue weighted by Crippen LogP contribution is 2.51. The fraction of sp³-hybridized carbons (Fsp3) is 0.500. The van der Waals surface area contributed by atoms with Gasteiger partial charge in [0.05, 0.1) is 0 Å². The van der Waals surface area contributed by atoms with E-state index in [0.29, 0.717) is 0 Å². The van der Waals surface area contributed by atoms with Crippen molar-refractivity contribution in [2.45, 2.75) is 32.2 Å². The van der Waals surface area contributed by atoms with E-state index in [1.54, 1.807) is 0 Å². The zero-order valence-electron chi connectivity index (χ0n) is 8.76. The SMILES string of the molecule is CC(N)C1(Cc2ccc(F)cc2Br)CC1. The first-order valence-electron chi connectivity index (χ1n) is 5.23. The van der Waals surface area contributed by atoms with Crippen LogP contribution in [0.5, 0.6) is 0 Å². The second-order valence-corrected chi connectivity index (χ2v) is 5.42. The molecule has 1 aliphatic rings. The third kappa shape index (κ3) is 2.23. The molecule has 1 aromatic carbocycles. The lowest BCUT2D eigenvalue weighted by molar-refractivity contribution is 0.418. The van der Waals surface area contributed by atoms with Crippen LogP contribution in [0.2, 0.25) is 0 Å². The van der Waals surface area contributed by atoms with Gasteiger partial charge < -0.3 is 5.73 Å². The van der Waals surface area contributed by atoms with Crippen LogP contribution in [0.4, 0.5) is 4.39 Å². The van der Waals surface area contributed by atoms with E-state index in [1.807, 2.05) is 6.07 Å². The predicted octanol–water partition coefficient (Wildman–Crippen LogP) is 3.26.